The molecule has 34 heavy (non-hydrogen) atoms. The number of aromatic nitrogens is 1. The van der Waals surface area contributed by atoms with E-state index in [1.807, 2.05) is 21.9 Å². The number of benzene rings is 2. The summed E-state index contributed by atoms with van der Waals surface area (Å²) in [7, 11) is 0. The Morgan fingerprint density at radius 2 is 1.85 bits per heavy atom. The summed E-state index contributed by atoms with van der Waals surface area (Å²) in [6.07, 6.45) is 8.53. The highest BCUT2D eigenvalue weighted by atomic mass is 16.2. The fraction of sp³-hybridized carbons (Fsp3) is 0.379. The smallest absolute Gasteiger partial charge is 0.246 e. The Bertz CT molecular complexity index is 1290. The number of amides is 2. The van der Waals surface area contributed by atoms with Crippen LogP contribution in [0.1, 0.15) is 60.5 Å². The van der Waals surface area contributed by atoms with Crippen molar-refractivity contribution < 1.29 is 9.59 Å². The number of fused-ring (bicyclic) bond motifs is 4. The number of allylic oxidation sites excluding steroid dienone is 1. The maximum atomic E-state index is 13.8. The Morgan fingerprint density at radius 1 is 1.03 bits per heavy atom. The van der Waals surface area contributed by atoms with Gasteiger partial charge < -0.3 is 14.8 Å². The van der Waals surface area contributed by atoms with E-state index in [0.717, 1.165) is 41.4 Å². The lowest BCUT2D eigenvalue weighted by Gasteiger charge is -2.47. The molecule has 3 aromatic rings. The fourth-order valence-electron chi connectivity index (χ4n) is 6.02. The summed E-state index contributed by atoms with van der Waals surface area (Å²) in [4.78, 5) is 34.7. The number of nitrogens with one attached hydrogen (secondary N) is 1. The number of rotatable bonds is 4. The Morgan fingerprint density at radius 3 is 2.65 bits per heavy atom. The molecule has 1 aliphatic carbocycles. The molecule has 2 atom stereocenters. The van der Waals surface area contributed by atoms with Gasteiger partial charge in [0.1, 0.15) is 6.04 Å². The van der Waals surface area contributed by atoms with Gasteiger partial charge in [-0.15, -0.1) is 0 Å². The first-order valence-corrected chi connectivity index (χ1v) is 12.5. The standard InChI is InChI=1S/C29H31N3O2/c1-19-11-13-21(14-12-19)28-27-23(22-9-5-6-10-24(22)30-27)17-25-29(34)31(18-26(33)32(25)28)16-15-20-7-3-2-4-8-20/h5-7,9-14,25,28,30H,2-4,8,15-18H2,1H3/t25-,28+/m0/s1. The van der Waals surface area contributed by atoms with E-state index in [-0.39, 0.29) is 24.4 Å². The second-order valence-electron chi connectivity index (χ2n) is 10.0. The fourth-order valence-corrected chi connectivity index (χ4v) is 6.02. The summed E-state index contributed by atoms with van der Waals surface area (Å²) in [5, 5.41) is 1.15. The number of aryl methyl sites for hydroxylation is 1. The predicted molar refractivity (Wildman–Crippen MR) is 133 cm³/mol. The molecule has 0 saturated carbocycles. The number of hydrogen-bond acceptors (Lipinski definition) is 2. The van der Waals surface area contributed by atoms with Gasteiger partial charge in [0.15, 0.2) is 0 Å². The maximum absolute atomic E-state index is 13.8. The summed E-state index contributed by atoms with van der Waals surface area (Å²) in [6.45, 7) is 2.87. The molecule has 0 bridgehead atoms. The number of nitrogens with zero attached hydrogens (tertiary/aromatic N) is 2. The second kappa shape index (κ2) is 8.46. The third-order valence-corrected chi connectivity index (χ3v) is 7.82. The van der Waals surface area contributed by atoms with E-state index in [4.69, 9.17) is 0 Å². The molecule has 5 heteroatoms. The average molecular weight is 454 g/mol. The molecule has 1 fully saturated rings. The average Bonchev–Trinajstić information content (AvgIpc) is 3.24. The summed E-state index contributed by atoms with van der Waals surface area (Å²) in [5.74, 6) is 0.126. The van der Waals surface area contributed by atoms with Crippen molar-refractivity contribution in [2.45, 2.75) is 57.5 Å². The lowest BCUT2D eigenvalue weighted by molar-refractivity contribution is -0.158. The number of carbonyl (C=O) groups excluding carboxylic acids is 2. The lowest BCUT2D eigenvalue weighted by atomic mass is 9.86. The molecule has 3 heterocycles. The molecule has 0 radical (unpaired) electrons. The molecule has 174 valence electrons. The molecule has 0 unspecified atom stereocenters. The van der Waals surface area contributed by atoms with Crippen LogP contribution >= 0.6 is 0 Å². The van der Waals surface area contributed by atoms with Crippen LogP contribution in [0.25, 0.3) is 10.9 Å². The summed E-state index contributed by atoms with van der Waals surface area (Å²) in [5.41, 5.74) is 6.94. The van der Waals surface area contributed by atoms with E-state index in [2.05, 4.69) is 54.4 Å². The molecule has 2 amide bonds. The first-order chi connectivity index (χ1) is 16.6. The molecular weight excluding hydrogens is 422 g/mol. The summed E-state index contributed by atoms with van der Waals surface area (Å²) in [6, 6.07) is 15.9. The predicted octanol–water partition coefficient (Wildman–Crippen LogP) is 5.05. The zero-order valence-electron chi connectivity index (χ0n) is 19.7. The van der Waals surface area contributed by atoms with Crippen molar-refractivity contribution in [3.8, 4) is 0 Å². The van der Waals surface area contributed by atoms with Crippen molar-refractivity contribution in [2.24, 2.45) is 0 Å². The minimum atomic E-state index is -0.459. The minimum Gasteiger partial charge on any atom is -0.356 e. The van der Waals surface area contributed by atoms with E-state index >= 15 is 0 Å². The normalized spacial score (nSPS) is 22.6. The molecule has 1 aromatic heterocycles. The van der Waals surface area contributed by atoms with Gasteiger partial charge in [0.05, 0.1) is 12.6 Å². The first kappa shape index (κ1) is 21.2. The minimum absolute atomic E-state index is 0.0390. The highest BCUT2D eigenvalue weighted by Gasteiger charge is 2.48. The number of H-pyrrole nitrogens is 1. The van der Waals surface area contributed by atoms with Crippen molar-refractivity contribution in [3.05, 3.63) is 82.6 Å². The van der Waals surface area contributed by atoms with Gasteiger partial charge in [0.25, 0.3) is 0 Å². The molecule has 6 rings (SSSR count). The quantitative estimate of drug-likeness (QED) is 0.562. The third kappa shape index (κ3) is 3.54. The number of aromatic amines is 1. The molecule has 2 aromatic carbocycles. The summed E-state index contributed by atoms with van der Waals surface area (Å²) >= 11 is 0. The van der Waals surface area contributed by atoms with Crippen molar-refractivity contribution in [2.75, 3.05) is 13.1 Å². The van der Waals surface area contributed by atoms with E-state index in [9.17, 15) is 9.59 Å². The Labute approximate surface area is 200 Å². The largest absolute Gasteiger partial charge is 0.356 e. The van der Waals surface area contributed by atoms with Gasteiger partial charge in [-0.25, -0.2) is 0 Å². The van der Waals surface area contributed by atoms with Crippen molar-refractivity contribution in [1.82, 2.24) is 14.8 Å². The molecule has 3 aliphatic rings. The number of piperazine rings is 1. The lowest BCUT2D eigenvalue weighted by Crippen LogP contribution is -2.63. The van der Waals surface area contributed by atoms with Gasteiger partial charge in [0, 0.05) is 29.6 Å². The van der Waals surface area contributed by atoms with Gasteiger partial charge in [-0.05, 0) is 56.2 Å². The molecular formula is C29H31N3O2. The Balaban J connectivity index is 1.38. The van der Waals surface area contributed by atoms with Crippen LogP contribution in [0.4, 0.5) is 0 Å². The van der Waals surface area contributed by atoms with Crippen LogP contribution in [-0.4, -0.2) is 45.7 Å². The molecule has 2 aliphatic heterocycles. The van der Waals surface area contributed by atoms with Gasteiger partial charge in [-0.3, -0.25) is 9.59 Å². The first-order valence-electron chi connectivity index (χ1n) is 12.5. The highest BCUT2D eigenvalue weighted by molar-refractivity contribution is 5.97. The van der Waals surface area contributed by atoms with Gasteiger partial charge in [0.2, 0.25) is 11.8 Å². The van der Waals surface area contributed by atoms with E-state index < -0.39 is 6.04 Å². The molecule has 1 saturated heterocycles. The highest BCUT2D eigenvalue weighted by Crippen LogP contribution is 2.42. The van der Waals surface area contributed by atoms with Crippen LogP contribution < -0.4 is 0 Å². The number of hydrogen-bond donors (Lipinski definition) is 1. The third-order valence-electron chi connectivity index (χ3n) is 7.82. The Hall–Kier alpha value is -3.34. The van der Waals surface area contributed by atoms with Crippen molar-refractivity contribution in [1.29, 1.82) is 0 Å². The van der Waals surface area contributed by atoms with Crippen molar-refractivity contribution in [3.63, 3.8) is 0 Å². The van der Waals surface area contributed by atoms with Crippen molar-refractivity contribution >= 4 is 22.7 Å². The number of para-hydroxylation sites is 1. The SMILES string of the molecule is Cc1ccc([C@@H]2c3[nH]c4ccccc4c3C[C@H]3C(=O)N(CCC4=CCCCC4)CC(=O)N23)cc1. The number of carbonyl (C=O) groups is 2. The van der Waals surface area contributed by atoms with Crippen LogP contribution in [0.2, 0.25) is 0 Å². The topological polar surface area (TPSA) is 56.4 Å². The van der Waals surface area contributed by atoms with Crippen LogP contribution in [0.3, 0.4) is 0 Å². The van der Waals surface area contributed by atoms with Crippen LogP contribution in [0.5, 0.6) is 0 Å². The second-order valence-corrected chi connectivity index (χ2v) is 10.0. The zero-order chi connectivity index (χ0) is 23.2. The van der Waals surface area contributed by atoms with Crippen LogP contribution in [0.15, 0.2) is 60.2 Å². The van der Waals surface area contributed by atoms with Crippen LogP contribution in [-0.2, 0) is 16.0 Å². The van der Waals surface area contributed by atoms with E-state index in [1.54, 1.807) is 0 Å². The monoisotopic (exact) mass is 453 g/mol. The maximum Gasteiger partial charge on any atom is 0.246 e. The molecule has 1 N–H and O–H groups in total. The van der Waals surface area contributed by atoms with E-state index in [0.29, 0.717) is 13.0 Å². The molecule has 0 spiro atoms. The van der Waals surface area contributed by atoms with Crippen LogP contribution in [0, 0.1) is 6.92 Å². The zero-order valence-corrected chi connectivity index (χ0v) is 19.7. The molecule has 5 nitrogen and oxygen atoms in total. The van der Waals surface area contributed by atoms with E-state index in [1.165, 1.54) is 29.5 Å². The Kier molecular flexibility index (Phi) is 5.28. The van der Waals surface area contributed by atoms with Gasteiger partial charge in [-0.2, -0.15) is 0 Å². The van der Waals surface area contributed by atoms with Gasteiger partial charge >= 0.3 is 0 Å². The van der Waals surface area contributed by atoms with Gasteiger partial charge in [-0.1, -0.05) is 59.7 Å². The summed E-state index contributed by atoms with van der Waals surface area (Å²) < 4.78 is 0.